The third-order valence-electron chi connectivity index (χ3n) is 3.40. The lowest BCUT2D eigenvalue weighted by atomic mass is 9.96. The summed E-state index contributed by atoms with van der Waals surface area (Å²) in [6, 6.07) is 1.92. The van der Waals surface area contributed by atoms with Crippen LogP contribution in [0.2, 0.25) is 0 Å². The average molecular weight is 275 g/mol. The van der Waals surface area contributed by atoms with Crippen molar-refractivity contribution < 1.29 is 0 Å². The topological polar surface area (TPSA) is 49.6 Å². The second-order valence-corrected chi connectivity index (χ2v) is 5.76. The number of allylic oxidation sites excluding steroid dienone is 2. The maximum Gasteiger partial charge on any atom is 0.187 e. The second-order valence-electron chi connectivity index (χ2n) is 4.99. The maximum absolute atomic E-state index is 7.75. The Hall–Kier alpha value is -1.16. The minimum Gasteiger partial charge on any atom is -0.308 e. The van der Waals surface area contributed by atoms with E-state index in [0.717, 1.165) is 41.6 Å². The molecule has 0 aliphatic heterocycles. The van der Waals surface area contributed by atoms with Crippen molar-refractivity contribution in [2.45, 2.75) is 44.2 Å². The summed E-state index contributed by atoms with van der Waals surface area (Å²) in [6.07, 6.45) is 11.3. The van der Waals surface area contributed by atoms with Gasteiger partial charge in [0.05, 0.1) is 5.69 Å². The van der Waals surface area contributed by atoms with Gasteiger partial charge in [0.25, 0.3) is 0 Å². The molecule has 4 heteroatoms. The predicted molar refractivity (Wildman–Crippen MR) is 81.8 cm³/mol. The fraction of sp³-hybridized carbons (Fsp3) is 0.533. The lowest BCUT2D eigenvalue weighted by Gasteiger charge is -2.11. The van der Waals surface area contributed by atoms with Crippen LogP contribution in [0.5, 0.6) is 0 Å². The number of hydrogen-bond acceptors (Lipinski definition) is 4. The molecule has 0 spiro atoms. The van der Waals surface area contributed by atoms with Crippen LogP contribution in [0.4, 0.5) is 0 Å². The molecule has 1 saturated carbocycles. The first-order valence-corrected chi connectivity index (χ1v) is 8.10. The number of thioether (sulfide) groups is 1. The van der Waals surface area contributed by atoms with Crippen LogP contribution in [0.1, 0.15) is 44.7 Å². The van der Waals surface area contributed by atoms with Gasteiger partial charge in [-0.25, -0.2) is 9.97 Å². The largest absolute Gasteiger partial charge is 0.308 e. The molecule has 0 unspecified atom stereocenters. The molecule has 1 fully saturated rings. The Balaban J connectivity index is 2.34. The van der Waals surface area contributed by atoms with E-state index in [1.807, 2.05) is 12.3 Å². The zero-order valence-corrected chi connectivity index (χ0v) is 12.5. The van der Waals surface area contributed by atoms with Gasteiger partial charge in [-0.15, -0.1) is 0 Å². The molecule has 0 atom stereocenters. The lowest BCUT2D eigenvalue weighted by molar-refractivity contribution is 0.758. The molecule has 1 N–H and O–H groups in total. The van der Waals surface area contributed by atoms with Crippen LogP contribution >= 0.6 is 11.8 Å². The predicted octanol–water partition coefficient (Wildman–Crippen LogP) is 4.20. The number of hydrogen-bond donors (Lipinski definition) is 1. The lowest BCUT2D eigenvalue weighted by Crippen LogP contribution is -1.99. The van der Waals surface area contributed by atoms with Gasteiger partial charge < -0.3 is 5.41 Å². The van der Waals surface area contributed by atoms with E-state index in [1.165, 1.54) is 24.6 Å². The number of aromatic nitrogens is 2. The number of nitrogens with one attached hydrogen (secondary N) is 1. The van der Waals surface area contributed by atoms with Crippen molar-refractivity contribution in [3.05, 3.63) is 23.5 Å². The average Bonchev–Trinajstić information content (AvgIpc) is 3.24. The molecular weight excluding hydrogens is 254 g/mol. The highest BCUT2D eigenvalue weighted by molar-refractivity contribution is 7.98. The van der Waals surface area contributed by atoms with Crippen molar-refractivity contribution in [3.8, 4) is 0 Å². The third kappa shape index (κ3) is 3.90. The van der Waals surface area contributed by atoms with Crippen LogP contribution < -0.4 is 0 Å². The summed E-state index contributed by atoms with van der Waals surface area (Å²) in [5, 5.41) is 8.53. The minimum atomic E-state index is 0.777. The Bertz CT molecular complexity index is 478. The molecule has 3 nitrogen and oxygen atoms in total. The van der Waals surface area contributed by atoms with Gasteiger partial charge in [-0.05, 0) is 43.9 Å². The van der Waals surface area contributed by atoms with E-state index >= 15 is 0 Å². The molecule has 1 aromatic heterocycles. The molecule has 0 aromatic carbocycles. The molecule has 19 heavy (non-hydrogen) atoms. The van der Waals surface area contributed by atoms with Gasteiger partial charge >= 0.3 is 0 Å². The van der Waals surface area contributed by atoms with E-state index in [-0.39, 0.29) is 0 Å². The van der Waals surface area contributed by atoms with Crippen molar-refractivity contribution in [2.24, 2.45) is 5.92 Å². The van der Waals surface area contributed by atoms with Crippen molar-refractivity contribution in [2.75, 3.05) is 6.26 Å². The molecule has 1 aliphatic rings. The molecule has 0 bridgehead atoms. The molecular formula is C15H21N3S. The molecule has 0 saturated heterocycles. The van der Waals surface area contributed by atoms with Gasteiger partial charge in [0.15, 0.2) is 5.16 Å². The first-order chi connectivity index (χ1) is 9.28. The smallest absolute Gasteiger partial charge is 0.187 e. The molecule has 1 heterocycles. The van der Waals surface area contributed by atoms with Crippen molar-refractivity contribution in [1.82, 2.24) is 9.97 Å². The molecule has 2 rings (SSSR count). The maximum atomic E-state index is 7.75. The summed E-state index contributed by atoms with van der Waals surface area (Å²) in [6.45, 7) is 2.20. The summed E-state index contributed by atoms with van der Waals surface area (Å²) in [5.74, 6) is 0.846. The third-order valence-corrected chi connectivity index (χ3v) is 3.96. The zero-order chi connectivity index (χ0) is 13.7. The van der Waals surface area contributed by atoms with E-state index < -0.39 is 0 Å². The Morgan fingerprint density at radius 2 is 2.32 bits per heavy atom. The highest BCUT2D eigenvalue weighted by atomic mass is 32.2. The highest BCUT2D eigenvalue weighted by Gasteiger charge is 2.23. The fourth-order valence-electron chi connectivity index (χ4n) is 2.27. The van der Waals surface area contributed by atoms with E-state index in [9.17, 15) is 0 Å². The number of nitrogens with zero attached hydrogens (tertiary/aromatic N) is 2. The standard InChI is InChI=1S/C15H21N3S/c1-3-4-12(9-11-5-6-11)13(10-16)14-7-8-17-15(18-14)19-2/h7-8,10-11,16H,3-6,9H2,1-2H3/b13-12-,16-10?. The van der Waals surface area contributed by atoms with Crippen LogP contribution in [-0.4, -0.2) is 22.4 Å². The van der Waals surface area contributed by atoms with Crippen LogP contribution in [0.25, 0.3) is 5.57 Å². The van der Waals surface area contributed by atoms with Gasteiger partial charge in [-0.1, -0.05) is 30.7 Å². The first-order valence-electron chi connectivity index (χ1n) is 6.88. The van der Waals surface area contributed by atoms with Crippen LogP contribution in [0.3, 0.4) is 0 Å². The van der Waals surface area contributed by atoms with Crippen molar-refractivity contribution in [1.29, 1.82) is 5.41 Å². The Morgan fingerprint density at radius 1 is 1.53 bits per heavy atom. The van der Waals surface area contributed by atoms with Gasteiger partial charge in [0.2, 0.25) is 0 Å². The van der Waals surface area contributed by atoms with Crippen LogP contribution in [-0.2, 0) is 0 Å². The normalized spacial score (nSPS) is 16.1. The summed E-state index contributed by atoms with van der Waals surface area (Å²) in [7, 11) is 0. The second kappa shape index (κ2) is 6.85. The van der Waals surface area contributed by atoms with E-state index in [4.69, 9.17) is 5.41 Å². The molecule has 0 radical (unpaired) electrons. The highest BCUT2D eigenvalue weighted by Crippen LogP contribution is 2.38. The van der Waals surface area contributed by atoms with E-state index in [0.29, 0.717) is 0 Å². The molecule has 1 aliphatic carbocycles. The quantitative estimate of drug-likeness (QED) is 0.461. The van der Waals surface area contributed by atoms with Crippen molar-refractivity contribution >= 4 is 23.5 Å². The fourth-order valence-corrected chi connectivity index (χ4v) is 2.62. The van der Waals surface area contributed by atoms with Gasteiger partial charge in [0, 0.05) is 18.0 Å². The summed E-state index contributed by atoms with van der Waals surface area (Å²) >= 11 is 1.54. The van der Waals surface area contributed by atoms with Crippen molar-refractivity contribution in [3.63, 3.8) is 0 Å². The molecule has 0 amide bonds. The van der Waals surface area contributed by atoms with Gasteiger partial charge in [-0.2, -0.15) is 0 Å². The van der Waals surface area contributed by atoms with Gasteiger partial charge in [0.1, 0.15) is 0 Å². The zero-order valence-electron chi connectivity index (χ0n) is 11.6. The summed E-state index contributed by atoms with van der Waals surface area (Å²) < 4.78 is 0. The monoisotopic (exact) mass is 275 g/mol. The van der Waals surface area contributed by atoms with Crippen LogP contribution in [0, 0.1) is 11.3 Å². The van der Waals surface area contributed by atoms with Gasteiger partial charge in [-0.3, -0.25) is 0 Å². The summed E-state index contributed by atoms with van der Waals surface area (Å²) in [4.78, 5) is 8.74. The van der Waals surface area contributed by atoms with Crippen LogP contribution in [0.15, 0.2) is 23.0 Å². The SMILES string of the molecule is CCC/C(CC1CC1)=C(\C=N)c1ccnc(SC)n1. The Labute approximate surface area is 119 Å². The van der Waals surface area contributed by atoms with E-state index in [2.05, 4.69) is 16.9 Å². The molecule has 1 aromatic rings. The van der Waals surface area contributed by atoms with E-state index in [1.54, 1.807) is 18.0 Å². The Morgan fingerprint density at radius 3 is 2.89 bits per heavy atom. The summed E-state index contributed by atoms with van der Waals surface area (Å²) in [5.41, 5.74) is 3.30. The molecule has 102 valence electrons. The first kappa shape index (κ1) is 14.3. The minimum absolute atomic E-state index is 0.777. The number of rotatable bonds is 7. The Kier molecular flexibility index (Phi) is 5.14.